The predicted molar refractivity (Wildman–Crippen MR) is 194 cm³/mol. The fourth-order valence-corrected chi connectivity index (χ4v) is 6.72. The first-order chi connectivity index (χ1) is 23.9. The van der Waals surface area contributed by atoms with Gasteiger partial charge in [0.05, 0.1) is 36.9 Å². The van der Waals surface area contributed by atoms with Crippen LogP contribution in [0.4, 0.5) is 10.7 Å². The Kier molecular flexibility index (Phi) is 10.6. The number of rotatable bonds is 8. The van der Waals surface area contributed by atoms with Crippen molar-refractivity contribution < 1.29 is 28.6 Å². The smallest absolute Gasteiger partial charge is 0.410 e. The Hall–Kier alpha value is -5.19. The van der Waals surface area contributed by atoms with Gasteiger partial charge in [-0.3, -0.25) is 14.5 Å². The largest absolute Gasteiger partial charge is 0.496 e. The van der Waals surface area contributed by atoms with Gasteiger partial charge >= 0.3 is 6.09 Å². The molecule has 50 heavy (non-hydrogen) atoms. The number of fused-ring (bicyclic) bond motifs is 2. The second kappa shape index (κ2) is 14.7. The lowest BCUT2D eigenvalue weighted by Gasteiger charge is -2.30. The van der Waals surface area contributed by atoms with E-state index in [1.807, 2.05) is 39.0 Å². The third kappa shape index (κ3) is 7.08. The summed E-state index contributed by atoms with van der Waals surface area (Å²) in [6.07, 6.45) is 2.53. The number of imide groups is 1. The fourth-order valence-electron chi connectivity index (χ4n) is 6.72. The summed E-state index contributed by atoms with van der Waals surface area (Å²) in [6.45, 7) is 13.9. The Bertz CT molecular complexity index is 1880. The molecule has 2 unspecified atom stereocenters. The first kappa shape index (κ1) is 36.1. The molecule has 1 fully saturated rings. The van der Waals surface area contributed by atoms with Crippen molar-refractivity contribution in [3.05, 3.63) is 77.0 Å². The van der Waals surface area contributed by atoms with Crippen LogP contribution in [0.25, 0.3) is 22.0 Å². The molecule has 1 saturated heterocycles. The second-order valence-electron chi connectivity index (χ2n) is 13.2. The van der Waals surface area contributed by atoms with Crippen molar-refractivity contribution in [1.29, 1.82) is 0 Å². The van der Waals surface area contributed by atoms with E-state index in [1.165, 1.54) is 4.90 Å². The molecule has 2 aliphatic heterocycles. The van der Waals surface area contributed by atoms with E-state index in [2.05, 4.69) is 23.3 Å². The summed E-state index contributed by atoms with van der Waals surface area (Å²) >= 11 is 0. The van der Waals surface area contributed by atoms with Crippen molar-refractivity contribution in [3.63, 3.8) is 0 Å². The number of benzene rings is 3. The van der Waals surface area contributed by atoms with Crippen LogP contribution in [-0.4, -0.2) is 82.7 Å². The van der Waals surface area contributed by atoms with Crippen LogP contribution < -0.4 is 14.8 Å². The number of hydrogen-bond donors (Lipinski definition) is 1. The molecule has 11 heteroatoms. The van der Waals surface area contributed by atoms with E-state index in [4.69, 9.17) is 19.2 Å². The highest BCUT2D eigenvalue weighted by Crippen LogP contribution is 2.40. The van der Waals surface area contributed by atoms with Gasteiger partial charge in [-0.15, -0.1) is 0 Å². The molecule has 1 aromatic heterocycles. The molecule has 1 N–H and O–H groups in total. The van der Waals surface area contributed by atoms with Gasteiger partial charge in [-0.1, -0.05) is 39.0 Å². The van der Waals surface area contributed by atoms with Gasteiger partial charge in [0.2, 0.25) is 5.95 Å². The van der Waals surface area contributed by atoms with Crippen LogP contribution in [-0.2, 0) is 11.2 Å². The molecular weight excluding hydrogens is 634 g/mol. The zero-order valence-corrected chi connectivity index (χ0v) is 30.4. The number of amides is 3. The van der Waals surface area contributed by atoms with Gasteiger partial charge in [-0.2, -0.15) is 0 Å². The summed E-state index contributed by atoms with van der Waals surface area (Å²) in [4.78, 5) is 51.9. The molecule has 2 aliphatic rings. The average molecular weight is 682 g/mol. The van der Waals surface area contributed by atoms with E-state index in [0.717, 1.165) is 51.1 Å². The zero-order valence-electron chi connectivity index (χ0n) is 30.4. The highest BCUT2D eigenvalue weighted by molar-refractivity contribution is 6.21. The Balaban J connectivity index is 0.00000239. The molecule has 0 aliphatic carbocycles. The molecule has 3 aromatic carbocycles. The molecule has 2 atom stereocenters. The number of nitrogens with zero attached hydrogens (tertiary/aromatic N) is 4. The summed E-state index contributed by atoms with van der Waals surface area (Å²) in [6, 6.07) is 14.1. The first-order valence-electron chi connectivity index (χ1n) is 17.1. The topological polar surface area (TPSA) is 123 Å². The number of aromatic nitrogens is 2. The van der Waals surface area contributed by atoms with Gasteiger partial charge < -0.3 is 24.4 Å². The summed E-state index contributed by atoms with van der Waals surface area (Å²) < 4.78 is 17.1. The highest BCUT2D eigenvalue weighted by atomic mass is 16.6. The van der Waals surface area contributed by atoms with Crippen molar-refractivity contribution in [2.75, 3.05) is 32.6 Å². The van der Waals surface area contributed by atoms with Gasteiger partial charge in [0, 0.05) is 42.3 Å². The van der Waals surface area contributed by atoms with Gasteiger partial charge in [0.25, 0.3) is 11.8 Å². The van der Waals surface area contributed by atoms with Crippen molar-refractivity contribution in [2.24, 2.45) is 0 Å². The fraction of sp³-hybridized carbons (Fsp3) is 0.410. The first-order valence-corrected chi connectivity index (χ1v) is 17.1. The van der Waals surface area contributed by atoms with E-state index in [0.29, 0.717) is 30.0 Å². The van der Waals surface area contributed by atoms with E-state index >= 15 is 0 Å². The molecule has 0 saturated carbocycles. The zero-order chi connectivity index (χ0) is 36.3. The minimum atomic E-state index is -0.713. The summed E-state index contributed by atoms with van der Waals surface area (Å²) in [5.41, 5.74) is 4.99. The maximum atomic E-state index is 13.3. The number of hydrogen-bond acceptors (Lipinski definition) is 9. The number of methoxy groups -OCH3 is 2. The number of carbonyl (C=O) groups excluding carboxylic acids is 3. The monoisotopic (exact) mass is 681 g/mol. The standard InChI is InChI=1S/C37H41N5O6.C2H6/c1-8-26-31(47-7)17-30(46-6)21(2)32(26)22-13-14-29-23(15-22)18-38-35(40-29)39-24-16-25(41(19-24)36(45)48-37(3,4)5)20-42-33(43)27-11-9-10-12-28(27)34(42)44;1-2/h9-15,17-18,24-25H,8,16,19-20H2,1-7H3,(H,38,39,40);1-2H3. The van der Waals surface area contributed by atoms with E-state index in [-0.39, 0.29) is 24.4 Å². The van der Waals surface area contributed by atoms with E-state index < -0.39 is 17.7 Å². The number of ether oxygens (including phenoxy) is 3. The van der Waals surface area contributed by atoms with Crippen LogP contribution in [0.3, 0.4) is 0 Å². The third-order valence-corrected chi connectivity index (χ3v) is 8.92. The lowest BCUT2D eigenvalue weighted by Crippen LogP contribution is -2.46. The van der Waals surface area contributed by atoms with E-state index in [9.17, 15) is 14.4 Å². The maximum absolute atomic E-state index is 13.3. The molecule has 3 amide bonds. The molecule has 0 bridgehead atoms. The van der Waals surface area contributed by atoms with Gasteiger partial charge in [0.1, 0.15) is 17.1 Å². The number of carbonyl (C=O) groups is 3. The van der Waals surface area contributed by atoms with Crippen molar-refractivity contribution in [2.45, 2.75) is 79.0 Å². The normalized spacial score (nSPS) is 17.0. The number of anilines is 1. The number of nitrogens with one attached hydrogen (secondary N) is 1. The minimum Gasteiger partial charge on any atom is -0.496 e. The lowest BCUT2D eigenvalue weighted by molar-refractivity contribution is 0.0190. The lowest BCUT2D eigenvalue weighted by atomic mass is 9.91. The molecule has 4 aromatic rings. The molecule has 11 nitrogen and oxygen atoms in total. The van der Waals surface area contributed by atoms with E-state index in [1.54, 1.807) is 70.4 Å². The quantitative estimate of drug-likeness (QED) is 0.191. The maximum Gasteiger partial charge on any atom is 0.410 e. The summed E-state index contributed by atoms with van der Waals surface area (Å²) in [5.74, 6) is 1.24. The van der Waals surface area contributed by atoms with Gasteiger partial charge in [-0.25, -0.2) is 14.8 Å². The molecule has 0 radical (unpaired) electrons. The minimum absolute atomic E-state index is 0.0549. The van der Waals surface area contributed by atoms with Gasteiger partial charge in [0.15, 0.2) is 0 Å². The average Bonchev–Trinajstić information content (AvgIpc) is 3.61. The van der Waals surface area contributed by atoms with Crippen LogP contribution in [0.15, 0.2) is 54.7 Å². The summed E-state index contributed by atoms with van der Waals surface area (Å²) in [5, 5.41) is 4.25. The van der Waals surface area contributed by atoms with Crippen molar-refractivity contribution >= 4 is 34.8 Å². The van der Waals surface area contributed by atoms with Crippen LogP contribution in [0.5, 0.6) is 11.5 Å². The molecule has 264 valence electrons. The van der Waals surface area contributed by atoms with Crippen LogP contribution in [0, 0.1) is 6.92 Å². The van der Waals surface area contributed by atoms with Crippen LogP contribution >= 0.6 is 0 Å². The predicted octanol–water partition coefficient (Wildman–Crippen LogP) is 7.30. The Morgan fingerprint density at radius 2 is 1.64 bits per heavy atom. The molecule has 0 spiro atoms. The van der Waals surface area contributed by atoms with Crippen molar-refractivity contribution in [1.82, 2.24) is 19.8 Å². The van der Waals surface area contributed by atoms with Crippen LogP contribution in [0.2, 0.25) is 0 Å². The summed E-state index contributed by atoms with van der Waals surface area (Å²) in [7, 11) is 3.32. The Morgan fingerprint density at radius 1 is 0.980 bits per heavy atom. The molecular formula is C39H47N5O6. The van der Waals surface area contributed by atoms with Crippen LogP contribution in [0.1, 0.15) is 79.8 Å². The number of likely N-dealkylation sites (tertiary alicyclic amines) is 1. The Labute approximate surface area is 293 Å². The second-order valence-corrected chi connectivity index (χ2v) is 13.2. The molecule has 3 heterocycles. The van der Waals surface area contributed by atoms with Gasteiger partial charge in [-0.05, 0) is 81.5 Å². The SMILES string of the molecule is CC.CCc1c(OC)cc(OC)c(C)c1-c1ccc2nc(NC3CC(CN4C(=O)c5ccccc5C4=O)N(C(=O)OC(C)(C)C)C3)ncc2c1. The Morgan fingerprint density at radius 3 is 2.24 bits per heavy atom. The highest BCUT2D eigenvalue weighted by Gasteiger charge is 2.43. The molecule has 6 rings (SSSR count). The third-order valence-electron chi connectivity index (χ3n) is 8.92. The van der Waals surface area contributed by atoms with Crippen molar-refractivity contribution in [3.8, 4) is 22.6 Å².